The molecule has 0 bridgehead atoms. The second kappa shape index (κ2) is 8.17. The molecule has 0 heterocycles. The van der Waals surface area contributed by atoms with Gasteiger partial charge < -0.3 is 15.8 Å². The van der Waals surface area contributed by atoms with E-state index in [1.54, 1.807) is 0 Å². The first-order chi connectivity index (χ1) is 12.1. The van der Waals surface area contributed by atoms with Crippen LogP contribution in [-0.4, -0.2) is 12.0 Å². The molecule has 132 valence electrons. The molecule has 2 aromatic rings. The second-order valence-electron chi connectivity index (χ2n) is 6.74. The number of carbonyl (C=O) groups excluding carboxylic acids is 1. The van der Waals surface area contributed by atoms with Gasteiger partial charge >= 0.3 is 0 Å². The van der Waals surface area contributed by atoms with E-state index in [2.05, 4.69) is 5.32 Å². The first kappa shape index (κ1) is 17.5. The Hall–Kier alpha value is -2.33. The van der Waals surface area contributed by atoms with Crippen LogP contribution in [-0.2, 0) is 11.3 Å². The van der Waals surface area contributed by atoms with Gasteiger partial charge in [0.1, 0.15) is 11.8 Å². The number of hydrogen-bond donors (Lipinski definition) is 2. The Balaban J connectivity index is 1.60. The molecule has 1 fully saturated rings. The monoisotopic (exact) mass is 338 g/mol. The van der Waals surface area contributed by atoms with Crippen molar-refractivity contribution >= 4 is 5.91 Å². The molecule has 4 heteroatoms. The number of aryl methyl sites for hydroxylation is 1. The molecule has 0 aliphatic heterocycles. The van der Waals surface area contributed by atoms with Crippen LogP contribution in [0.3, 0.4) is 0 Å². The molecule has 1 aliphatic carbocycles. The van der Waals surface area contributed by atoms with Gasteiger partial charge in [-0.1, -0.05) is 48.0 Å². The summed E-state index contributed by atoms with van der Waals surface area (Å²) < 4.78 is 6.11. The number of ether oxygens (including phenoxy) is 1. The molecule has 25 heavy (non-hydrogen) atoms. The zero-order valence-corrected chi connectivity index (χ0v) is 14.7. The van der Waals surface area contributed by atoms with E-state index in [1.165, 1.54) is 12.8 Å². The highest BCUT2D eigenvalue weighted by atomic mass is 16.5. The average molecular weight is 338 g/mol. The summed E-state index contributed by atoms with van der Waals surface area (Å²) in [5.41, 5.74) is 9.03. The minimum atomic E-state index is -0.663. The summed E-state index contributed by atoms with van der Waals surface area (Å²) in [6, 6.07) is 15.0. The van der Waals surface area contributed by atoms with Crippen molar-refractivity contribution in [2.24, 2.45) is 5.73 Å². The highest BCUT2D eigenvalue weighted by Gasteiger charge is 2.19. The highest BCUT2D eigenvalue weighted by molar-refractivity contribution is 5.82. The Morgan fingerprint density at radius 2 is 1.84 bits per heavy atom. The minimum absolute atomic E-state index is 0.181. The standard InChI is InChI=1S/C21H26N2O2/c1-15-10-12-16(13-11-15)20(22)21(24)23-14-17-6-2-5-9-19(17)25-18-7-3-4-8-18/h2,5-6,9-13,18,20H,3-4,7-8,14,22H2,1H3,(H,23,24). The van der Waals surface area contributed by atoms with Crippen LogP contribution >= 0.6 is 0 Å². The maximum absolute atomic E-state index is 12.4. The fourth-order valence-corrected chi connectivity index (χ4v) is 3.17. The number of amides is 1. The lowest BCUT2D eigenvalue weighted by molar-refractivity contribution is -0.122. The van der Waals surface area contributed by atoms with Gasteiger partial charge in [0.2, 0.25) is 5.91 Å². The van der Waals surface area contributed by atoms with E-state index in [4.69, 9.17) is 10.5 Å². The summed E-state index contributed by atoms with van der Waals surface area (Å²) in [6.45, 7) is 2.43. The Bertz CT molecular complexity index is 706. The van der Waals surface area contributed by atoms with Gasteiger partial charge in [-0.2, -0.15) is 0 Å². The fourth-order valence-electron chi connectivity index (χ4n) is 3.17. The third-order valence-corrected chi connectivity index (χ3v) is 4.74. The second-order valence-corrected chi connectivity index (χ2v) is 6.74. The molecule has 2 aromatic carbocycles. The van der Waals surface area contributed by atoms with Crippen molar-refractivity contribution in [1.82, 2.24) is 5.32 Å². The van der Waals surface area contributed by atoms with Gasteiger partial charge in [0.05, 0.1) is 6.10 Å². The summed E-state index contributed by atoms with van der Waals surface area (Å²) in [5.74, 6) is 0.679. The van der Waals surface area contributed by atoms with E-state index in [9.17, 15) is 4.79 Å². The zero-order chi connectivity index (χ0) is 17.6. The normalized spacial score (nSPS) is 15.8. The number of nitrogens with one attached hydrogen (secondary N) is 1. The Kier molecular flexibility index (Phi) is 5.71. The van der Waals surface area contributed by atoms with Crippen molar-refractivity contribution in [3.8, 4) is 5.75 Å². The van der Waals surface area contributed by atoms with Crippen LogP contribution in [0, 0.1) is 6.92 Å². The summed E-state index contributed by atoms with van der Waals surface area (Å²) >= 11 is 0. The van der Waals surface area contributed by atoms with Gasteiger partial charge in [-0.25, -0.2) is 0 Å². The highest BCUT2D eigenvalue weighted by Crippen LogP contribution is 2.26. The van der Waals surface area contributed by atoms with Crippen molar-refractivity contribution in [1.29, 1.82) is 0 Å². The first-order valence-electron chi connectivity index (χ1n) is 8.98. The molecule has 3 rings (SSSR count). The van der Waals surface area contributed by atoms with Crippen molar-refractivity contribution in [2.45, 2.75) is 51.3 Å². The summed E-state index contributed by atoms with van der Waals surface area (Å²) in [4.78, 5) is 12.4. The van der Waals surface area contributed by atoms with Crippen LogP contribution < -0.4 is 15.8 Å². The topological polar surface area (TPSA) is 64.4 Å². The van der Waals surface area contributed by atoms with E-state index in [0.717, 1.165) is 35.3 Å². The van der Waals surface area contributed by atoms with Crippen LogP contribution in [0.15, 0.2) is 48.5 Å². The quantitative estimate of drug-likeness (QED) is 0.845. The average Bonchev–Trinajstić information content (AvgIpc) is 3.14. The van der Waals surface area contributed by atoms with Crippen LogP contribution in [0.25, 0.3) is 0 Å². The van der Waals surface area contributed by atoms with Crippen LogP contribution in [0.5, 0.6) is 5.75 Å². The predicted octanol–water partition coefficient (Wildman–Crippen LogP) is 3.63. The van der Waals surface area contributed by atoms with E-state index in [1.807, 2.05) is 55.5 Å². The molecule has 0 aromatic heterocycles. The summed E-state index contributed by atoms with van der Waals surface area (Å²) in [7, 11) is 0. The van der Waals surface area contributed by atoms with E-state index in [0.29, 0.717) is 12.6 Å². The van der Waals surface area contributed by atoms with Crippen molar-refractivity contribution < 1.29 is 9.53 Å². The third-order valence-electron chi connectivity index (χ3n) is 4.74. The number of benzene rings is 2. The van der Waals surface area contributed by atoms with Gasteiger partial charge in [-0.15, -0.1) is 0 Å². The molecule has 1 aliphatic rings. The fraction of sp³-hybridized carbons (Fsp3) is 0.381. The van der Waals surface area contributed by atoms with Crippen LogP contribution in [0.4, 0.5) is 0 Å². The van der Waals surface area contributed by atoms with Gasteiger partial charge in [-0.3, -0.25) is 4.79 Å². The van der Waals surface area contributed by atoms with Crippen LogP contribution in [0.2, 0.25) is 0 Å². The molecule has 0 saturated heterocycles. The SMILES string of the molecule is Cc1ccc(C(N)C(=O)NCc2ccccc2OC2CCCC2)cc1. The summed E-state index contributed by atoms with van der Waals surface area (Å²) in [5, 5.41) is 2.93. The van der Waals surface area contributed by atoms with Gasteiger partial charge in [-0.05, 0) is 44.2 Å². The molecule has 1 atom stereocenters. The Labute approximate surface area is 149 Å². The number of hydrogen-bond acceptors (Lipinski definition) is 3. The van der Waals surface area contributed by atoms with Gasteiger partial charge in [0.15, 0.2) is 0 Å². The largest absolute Gasteiger partial charge is 0.490 e. The molecule has 0 spiro atoms. The number of rotatable bonds is 6. The Morgan fingerprint density at radius 1 is 1.16 bits per heavy atom. The van der Waals surface area contributed by atoms with E-state index in [-0.39, 0.29) is 5.91 Å². The zero-order valence-electron chi connectivity index (χ0n) is 14.7. The predicted molar refractivity (Wildman–Crippen MR) is 99.3 cm³/mol. The molecule has 1 unspecified atom stereocenters. The van der Waals surface area contributed by atoms with Gasteiger partial charge in [0, 0.05) is 12.1 Å². The van der Waals surface area contributed by atoms with Gasteiger partial charge in [0.25, 0.3) is 0 Å². The van der Waals surface area contributed by atoms with E-state index >= 15 is 0 Å². The number of para-hydroxylation sites is 1. The lowest BCUT2D eigenvalue weighted by atomic mass is 10.1. The van der Waals surface area contributed by atoms with Crippen molar-refractivity contribution in [3.63, 3.8) is 0 Å². The molecular formula is C21H26N2O2. The van der Waals surface area contributed by atoms with Crippen molar-refractivity contribution in [3.05, 3.63) is 65.2 Å². The number of nitrogens with two attached hydrogens (primary N) is 1. The lowest BCUT2D eigenvalue weighted by Crippen LogP contribution is -2.33. The molecule has 1 amide bonds. The maximum Gasteiger partial charge on any atom is 0.241 e. The number of carbonyl (C=O) groups is 1. The maximum atomic E-state index is 12.4. The first-order valence-corrected chi connectivity index (χ1v) is 8.98. The Morgan fingerprint density at radius 3 is 2.56 bits per heavy atom. The molecule has 3 N–H and O–H groups in total. The summed E-state index contributed by atoms with van der Waals surface area (Å²) in [6.07, 6.45) is 4.98. The van der Waals surface area contributed by atoms with Crippen molar-refractivity contribution in [2.75, 3.05) is 0 Å². The third kappa shape index (κ3) is 4.60. The minimum Gasteiger partial charge on any atom is -0.490 e. The molecule has 4 nitrogen and oxygen atoms in total. The molecule has 1 saturated carbocycles. The smallest absolute Gasteiger partial charge is 0.241 e. The van der Waals surface area contributed by atoms with Crippen LogP contribution in [0.1, 0.15) is 48.4 Å². The molecular weight excluding hydrogens is 312 g/mol. The lowest BCUT2D eigenvalue weighted by Gasteiger charge is -2.18. The molecule has 0 radical (unpaired) electrons. The van der Waals surface area contributed by atoms with E-state index < -0.39 is 6.04 Å².